The maximum atomic E-state index is 12.4. The van der Waals surface area contributed by atoms with Crippen LogP contribution in [0.4, 0.5) is 0 Å². The summed E-state index contributed by atoms with van der Waals surface area (Å²) in [6, 6.07) is 9.52. The zero-order chi connectivity index (χ0) is 21.4. The Kier molecular flexibility index (Phi) is 7.70. The van der Waals surface area contributed by atoms with Crippen molar-refractivity contribution in [2.45, 2.75) is 13.0 Å². The van der Waals surface area contributed by atoms with E-state index in [1.807, 2.05) is 0 Å². The maximum absolute atomic E-state index is 12.4. The molecule has 1 atom stereocenters. The van der Waals surface area contributed by atoms with Crippen molar-refractivity contribution in [1.29, 1.82) is 0 Å². The molecule has 2 N–H and O–H groups in total. The molecule has 0 bridgehead atoms. The van der Waals surface area contributed by atoms with Crippen LogP contribution < -0.4 is 29.6 Å². The first-order valence-electron chi connectivity index (χ1n) is 8.96. The van der Waals surface area contributed by atoms with Crippen molar-refractivity contribution < 1.29 is 28.5 Å². The van der Waals surface area contributed by atoms with Gasteiger partial charge in [0.15, 0.2) is 23.0 Å². The number of nitrogens with one attached hydrogen (secondary N) is 2. The molecule has 0 spiro atoms. The molecule has 0 saturated heterocycles. The highest BCUT2D eigenvalue weighted by Gasteiger charge is 2.15. The van der Waals surface area contributed by atoms with E-state index in [9.17, 15) is 9.59 Å². The van der Waals surface area contributed by atoms with E-state index in [1.54, 1.807) is 43.3 Å². The van der Waals surface area contributed by atoms with E-state index >= 15 is 0 Å². The van der Waals surface area contributed by atoms with Crippen molar-refractivity contribution in [2.75, 3.05) is 35.0 Å². The SMILES string of the molecule is COc1ccc(C(=O)NC[C@H](C)NC(=O)c2ccc(OC)c(OC)c2)cc1OC. The van der Waals surface area contributed by atoms with E-state index in [4.69, 9.17) is 18.9 Å². The largest absolute Gasteiger partial charge is 0.493 e. The van der Waals surface area contributed by atoms with Gasteiger partial charge >= 0.3 is 0 Å². The van der Waals surface area contributed by atoms with Crippen molar-refractivity contribution in [2.24, 2.45) is 0 Å². The first-order valence-corrected chi connectivity index (χ1v) is 8.96. The summed E-state index contributed by atoms with van der Waals surface area (Å²) in [5.41, 5.74) is 0.863. The van der Waals surface area contributed by atoms with Crippen LogP contribution in [0.2, 0.25) is 0 Å². The topological polar surface area (TPSA) is 95.1 Å². The molecule has 8 nitrogen and oxygen atoms in total. The molecule has 0 heterocycles. The van der Waals surface area contributed by atoms with Gasteiger partial charge in [-0.3, -0.25) is 9.59 Å². The molecule has 0 aliphatic heterocycles. The van der Waals surface area contributed by atoms with Crippen LogP contribution in [0.15, 0.2) is 36.4 Å². The third kappa shape index (κ3) is 5.54. The Morgan fingerprint density at radius 1 is 0.759 bits per heavy atom. The molecule has 0 fully saturated rings. The second-order valence-corrected chi connectivity index (χ2v) is 6.22. The third-order valence-electron chi connectivity index (χ3n) is 4.24. The molecule has 0 aliphatic carbocycles. The molecule has 2 aromatic rings. The predicted octanol–water partition coefficient (Wildman–Crippen LogP) is 2.27. The van der Waals surface area contributed by atoms with Crippen molar-refractivity contribution in [3.05, 3.63) is 47.5 Å². The van der Waals surface area contributed by atoms with Crippen LogP contribution >= 0.6 is 0 Å². The Hall–Kier alpha value is -3.42. The molecule has 8 heteroatoms. The number of methoxy groups -OCH3 is 4. The summed E-state index contributed by atoms with van der Waals surface area (Å²) in [5.74, 6) is 1.46. The van der Waals surface area contributed by atoms with Crippen LogP contribution in [-0.2, 0) is 0 Å². The zero-order valence-corrected chi connectivity index (χ0v) is 17.2. The second kappa shape index (κ2) is 10.2. The monoisotopic (exact) mass is 402 g/mol. The van der Waals surface area contributed by atoms with Crippen molar-refractivity contribution in [3.8, 4) is 23.0 Å². The molecule has 156 valence electrons. The van der Waals surface area contributed by atoms with Crippen molar-refractivity contribution in [1.82, 2.24) is 10.6 Å². The van der Waals surface area contributed by atoms with E-state index < -0.39 is 0 Å². The number of amides is 2. The smallest absolute Gasteiger partial charge is 0.251 e. The Balaban J connectivity index is 1.94. The van der Waals surface area contributed by atoms with Crippen molar-refractivity contribution in [3.63, 3.8) is 0 Å². The standard InChI is InChI=1S/C21H26N2O6/c1-13(23-21(25)15-7-9-17(27-3)19(11-15)29-5)12-22-20(24)14-6-8-16(26-2)18(10-14)28-4/h6-11,13H,12H2,1-5H3,(H,22,24)(H,23,25)/t13-/m0/s1. The number of hydrogen-bond donors (Lipinski definition) is 2. The van der Waals surface area contributed by atoms with Gasteiger partial charge in [0.1, 0.15) is 0 Å². The molecule has 29 heavy (non-hydrogen) atoms. The molecule has 2 amide bonds. The van der Waals surface area contributed by atoms with Gasteiger partial charge in [0.25, 0.3) is 11.8 Å². The predicted molar refractivity (Wildman–Crippen MR) is 108 cm³/mol. The van der Waals surface area contributed by atoms with Crippen LogP contribution in [-0.4, -0.2) is 52.8 Å². The summed E-state index contributed by atoms with van der Waals surface area (Å²) in [7, 11) is 6.07. The number of hydrogen-bond acceptors (Lipinski definition) is 6. The van der Waals surface area contributed by atoms with Gasteiger partial charge in [0.2, 0.25) is 0 Å². The average molecular weight is 402 g/mol. The number of benzene rings is 2. The Morgan fingerprint density at radius 2 is 1.21 bits per heavy atom. The fraction of sp³-hybridized carbons (Fsp3) is 0.333. The molecule has 0 unspecified atom stereocenters. The summed E-state index contributed by atoms with van der Waals surface area (Å²) >= 11 is 0. The van der Waals surface area contributed by atoms with E-state index in [-0.39, 0.29) is 24.4 Å². The van der Waals surface area contributed by atoms with Crippen LogP contribution in [0, 0.1) is 0 Å². The van der Waals surface area contributed by atoms with E-state index in [2.05, 4.69) is 10.6 Å². The van der Waals surface area contributed by atoms with Gasteiger partial charge in [-0.25, -0.2) is 0 Å². The number of rotatable bonds is 9. The quantitative estimate of drug-likeness (QED) is 0.668. The normalized spacial score (nSPS) is 11.2. The minimum Gasteiger partial charge on any atom is -0.493 e. The van der Waals surface area contributed by atoms with E-state index in [0.717, 1.165) is 0 Å². The molecular formula is C21H26N2O6. The van der Waals surface area contributed by atoms with Gasteiger partial charge in [-0.15, -0.1) is 0 Å². The van der Waals surface area contributed by atoms with Crippen LogP contribution in [0.3, 0.4) is 0 Å². The summed E-state index contributed by atoms with van der Waals surface area (Å²) in [6.45, 7) is 2.06. The highest BCUT2D eigenvalue weighted by atomic mass is 16.5. The Morgan fingerprint density at radius 3 is 1.66 bits per heavy atom. The van der Waals surface area contributed by atoms with Gasteiger partial charge in [-0.1, -0.05) is 0 Å². The fourth-order valence-corrected chi connectivity index (χ4v) is 2.66. The molecular weight excluding hydrogens is 376 g/mol. The molecule has 2 rings (SSSR count). The van der Waals surface area contributed by atoms with Gasteiger partial charge < -0.3 is 29.6 Å². The molecule has 0 saturated carbocycles. The fourth-order valence-electron chi connectivity index (χ4n) is 2.66. The van der Waals surface area contributed by atoms with Crippen LogP contribution in [0.5, 0.6) is 23.0 Å². The molecule has 0 aromatic heterocycles. The minimum absolute atomic E-state index is 0.256. The highest BCUT2D eigenvalue weighted by molar-refractivity contribution is 5.96. The highest BCUT2D eigenvalue weighted by Crippen LogP contribution is 2.28. The molecule has 0 aliphatic rings. The summed E-state index contributed by atoms with van der Waals surface area (Å²) < 4.78 is 20.8. The van der Waals surface area contributed by atoms with Crippen molar-refractivity contribution >= 4 is 11.8 Å². The van der Waals surface area contributed by atoms with Gasteiger partial charge in [0.05, 0.1) is 28.4 Å². The third-order valence-corrected chi connectivity index (χ3v) is 4.24. The number of ether oxygens (including phenoxy) is 4. The summed E-state index contributed by atoms with van der Waals surface area (Å²) in [6.07, 6.45) is 0. The van der Waals surface area contributed by atoms with Crippen LogP contribution in [0.1, 0.15) is 27.6 Å². The Bertz CT molecular complexity index is 868. The minimum atomic E-state index is -0.292. The molecule has 0 radical (unpaired) electrons. The average Bonchev–Trinajstić information content (AvgIpc) is 2.76. The van der Waals surface area contributed by atoms with Gasteiger partial charge in [0, 0.05) is 23.7 Å². The summed E-state index contributed by atoms with van der Waals surface area (Å²) in [5, 5.41) is 5.63. The number of carbonyl (C=O) groups excluding carboxylic acids is 2. The first kappa shape index (κ1) is 21.9. The lowest BCUT2D eigenvalue weighted by Crippen LogP contribution is -2.41. The lowest BCUT2D eigenvalue weighted by atomic mass is 10.1. The first-order chi connectivity index (χ1) is 13.9. The summed E-state index contributed by atoms with van der Waals surface area (Å²) in [4.78, 5) is 24.8. The van der Waals surface area contributed by atoms with Gasteiger partial charge in [-0.2, -0.15) is 0 Å². The second-order valence-electron chi connectivity index (χ2n) is 6.22. The van der Waals surface area contributed by atoms with E-state index in [0.29, 0.717) is 34.1 Å². The van der Waals surface area contributed by atoms with Crippen LogP contribution in [0.25, 0.3) is 0 Å². The lowest BCUT2D eigenvalue weighted by molar-refractivity contribution is 0.0912. The zero-order valence-electron chi connectivity index (χ0n) is 17.2. The van der Waals surface area contributed by atoms with Gasteiger partial charge in [-0.05, 0) is 43.3 Å². The number of carbonyl (C=O) groups is 2. The van der Waals surface area contributed by atoms with E-state index in [1.165, 1.54) is 28.4 Å². The molecule has 2 aromatic carbocycles. The Labute approximate surface area is 170 Å². The maximum Gasteiger partial charge on any atom is 0.251 e. The lowest BCUT2D eigenvalue weighted by Gasteiger charge is -2.16.